The number of aryl methyl sites for hydroxylation is 1. The molecule has 1 aromatic rings. The third-order valence-electron chi connectivity index (χ3n) is 4.04. The molecule has 22 heavy (non-hydrogen) atoms. The third-order valence-corrected chi connectivity index (χ3v) is 4.04. The van der Waals surface area contributed by atoms with Gasteiger partial charge in [-0.1, -0.05) is 13.3 Å². The first-order chi connectivity index (χ1) is 10.7. The molecule has 1 aromatic heterocycles. The van der Waals surface area contributed by atoms with Crippen LogP contribution in [0.15, 0.2) is 18.5 Å². The Morgan fingerprint density at radius 3 is 2.82 bits per heavy atom. The molecule has 0 aliphatic carbocycles. The van der Waals surface area contributed by atoms with Crippen LogP contribution >= 0.6 is 0 Å². The highest BCUT2D eigenvalue weighted by molar-refractivity contribution is 5.73. The first-order valence-electron chi connectivity index (χ1n) is 8.45. The van der Waals surface area contributed by atoms with E-state index in [2.05, 4.69) is 27.6 Å². The molecule has 0 saturated carbocycles. The van der Waals surface area contributed by atoms with E-state index in [0.717, 1.165) is 26.1 Å². The summed E-state index contributed by atoms with van der Waals surface area (Å²) in [5, 5.41) is 10.00. The van der Waals surface area contributed by atoms with E-state index in [1.165, 1.54) is 32.4 Å². The van der Waals surface area contributed by atoms with Gasteiger partial charge in [-0.05, 0) is 44.3 Å². The van der Waals surface area contributed by atoms with Crippen molar-refractivity contribution in [3.05, 3.63) is 18.5 Å². The van der Waals surface area contributed by atoms with Crippen LogP contribution < -0.4 is 10.6 Å². The summed E-state index contributed by atoms with van der Waals surface area (Å²) in [6.07, 6.45) is 8.59. The molecule has 1 aliphatic heterocycles. The number of carbonyl (C=O) groups excluding carboxylic acids is 1. The maximum absolute atomic E-state index is 11.7. The zero-order chi connectivity index (χ0) is 15.6. The summed E-state index contributed by atoms with van der Waals surface area (Å²) < 4.78 is 1.88. The van der Waals surface area contributed by atoms with Crippen molar-refractivity contribution in [2.45, 2.75) is 39.2 Å². The standard InChI is InChI=1S/C16H29N5O/c1-15(14-20-9-3-2-4-10-20)13-18-16(22)17-7-5-11-21-12-6-8-19-21/h6,8,12,15H,2-5,7,9-11,13-14H2,1H3,(H2,17,18,22). The second-order valence-electron chi connectivity index (χ2n) is 6.23. The van der Waals surface area contributed by atoms with Gasteiger partial charge in [0, 0.05) is 38.6 Å². The topological polar surface area (TPSA) is 62.2 Å². The fourth-order valence-corrected chi connectivity index (χ4v) is 2.85. The molecule has 2 rings (SSSR count). The lowest BCUT2D eigenvalue weighted by atomic mass is 10.1. The number of urea groups is 1. The number of amides is 2. The van der Waals surface area contributed by atoms with E-state index in [1.807, 2.05) is 16.9 Å². The predicted molar refractivity (Wildman–Crippen MR) is 87.7 cm³/mol. The summed E-state index contributed by atoms with van der Waals surface area (Å²) in [5.74, 6) is 0.493. The fourth-order valence-electron chi connectivity index (χ4n) is 2.85. The van der Waals surface area contributed by atoms with Crippen molar-refractivity contribution < 1.29 is 4.79 Å². The van der Waals surface area contributed by atoms with Crippen LogP contribution in [0.5, 0.6) is 0 Å². The summed E-state index contributed by atoms with van der Waals surface area (Å²) in [7, 11) is 0. The number of hydrogen-bond donors (Lipinski definition) is 2. The number of piperidine rings is 1. The van der Waals surface area contributed by atoms with E-state index in [4.69, 9.17) is 0 Å². The molecule has 0 radical (unpaired) electrons. The van der Waals surface area contributed by atoms with E-state index >= 15 is 0 Å². The van der Waals surface area contributed by atoms with Crippen molar-refractivity contribution in [2.24, 2.45) is 5.92 Å². The van der Waals surface area contributed by atoms with Crippen LogP contribution in [0.2, 0.25) is 0 Å². The van der Waals surface area contributed by atoms with Gasteiger partial charge in [0.15, 0.2) is 0 Å². The van der Waals surface area contributed by atoms with E-state index in [9.17, 15) is 4.79 Å². The van der Waals surface area contributed by atoms with Crippen LogP contribution in [0.3, 0.4) is 0 Å². The second-order valence-corrected chi connectivity index (χ2v) is 6.23. The third kappa shape index (κ3) is 6.47. The highest BCUT2D eigenvalue weighted by atomic mass is 16.2. The fraction of sp³-hybridized carbons (Fsp3) is 0.750. The molecule has 1 atom stereocenters. The van der Waals surface area contributed by atoms with Gasteiger partial charge in [-0.2, -0.15) is 5.10 Å². The lowest BCUT2D eigenvalue weighted by Crippen LogP contribution is -2.41. The van der Waals surface area contributed by atoms with Crippen molar-refractivity contribution in [1.29, 1.82) is 0 Å². The average molecular weight is 307 g/mol. The van der Waals surface area contributed by atoms with Crippen molar-refractivity contribution in [3.63, 3.8) is 0 Å². The van der Waals surface area contributed by atoms with E-state index in [-0.39, 0.29) is 6.03 Å². The maximum atomic E-state index is 11.7. The molecule has 124 valence electrons. The molecular weight excluding hydrogens is 278 g/mol. The number of carbonyl (C=O) groups is 1. The van der Waals surface area contributed by atoms with Crippen molar-refractivity contribution in [3.8, 4) is 0 Å². The van der Waals surface area contributed by atoms with Crippen LogP contribution in [0.25, 0.3) is 0 Å². The highest BCUT2D eigenvalue weighted by Gasteiger charge is 2.13. The smallest absolute Gasteiger partial charge is 0.314 e. The number of likely N-dealkylation sites (tertiary alicyclic amines) is 1. The molecule has 2 amide bonds. The van der Waals surface area contributed by atoms with E-state index < -0.39 is 0 Å². The molecule has 0 bridgehead atoms. The molecule has 0 aromatic carbocycles. The highest BCUT2D eigenvalue weighted by Crippen LogP contribution is 2.10. The summed E-state index contributed by atoms with van der Waals surface area (Å²) in [6.45, 7) is 7.95. The van der Waals surface area contributed by atoms with E-state index in [1.54, 1.807) is 6.20 Å². The van der Waals surface area contributed by atoms with Crippen LogP contribution in [0.1, 0.15) is 32.6 Å². The summed E-state index contributed by atoms with van der Waals surface area (Å²) >= 11 is 0. The molecule has 1 saturated heterocycles. The largest absolute Gasteiger partial charge is 0.338 e. The summed E-state index contributed by atoms with van der Waals surface area (Å²) in [5.41, 5.74) is 0. The quantitative estimate of drug-likeness (QED) is 0.719. The Balaban J connectivity index is 1.49. The number of aromatic nitrogens is 2. The molecule has 6 heteroatoms. The van der Waals surface area contributed by atoms with Crippen LogP contribution in [-0.4, -0.2) is 53.4 Å². The average Bonchev–Trinajstić information content (AvgIpc) is 3.04. The normalized spacial score (nSPS) is 17.1. The zero-order valence-corrected chi connectivity index (χ0v) is 13.6. The Morgan fingerprint density at radius 2 is 2.09 bits per heavy atom. The minimum absolute atomic E-state index is 0.0639. The molecule has 0 spiro atoms. The molecule has 1 fully saturated rings. The lowest BCUT2D eigenvalue weighted by Gasteiger charge is -2.29. The van der Waals surface area contributed by atoms with Crippen LogP contribution in [-0.2, 0) is 6.54 Å². The first kappa shape index (κ1) is 16.8. The van der Waals surface area contributed by atoms with E-state index in [0.29, 0.717) is 12.5 Å². The number of nitrogens with zero attached hydrogens (tertiary/aromatic N) is 3. The van der Waals surface area contributed by atoms with Gasteiger partial charge in [-0.3, -0.25) is 4.68 Å². The number of hydrogen-bond acceptors (Lipinski definition) is 3. The molecule has 6 nitrogen and oxygen atoms in total. The summed E-state index contributed by atoms with van der Waals surface area (Å²) in [6, 6.07) is 1.84. The lowest BCUT2D eigenvalue weighted by molar-refractivity contribution is 0.197. The van der Waals surface area contributed by atoms with Gasteiger partial charge < -0.3 is 15.5 Å². The van der Waals surface area contributed by atoms with Crippen LogP contribution in [0, 0.1) is 5.92 Å². The van der Waals surface area contributed by atoms with Crippen molar-refractivity contribution in [2.75, 3.05) is 32.7 Å². The van der Waals surface area contributed by atoms with Gasteiger partial charge in [0.2, 0.25) is 0 Å². The van der Waals surface area contributed by atoms with Gasteiger partial charge in [-0.15, -0.1) is 0 Å². The van der Waals surface area contributed by atoms with Crippen molar-refractivity contribution >= 4 is 6.03 Å². The van der Waals surface area contributed by atoms with Gasteiger partial charge in [0.25, 0.3) is 0 Å². The maximum Gasteiger partial charge on any atom is 0.314 e. The Morgan fingerprint density at radius 1 is 1.27 bits per heavy atom. The Hall–Kier alpha value is -1.56. The summed E-state index contributed by atoms with van der Waals surface area (Å²) in [4.78, 5) is 14.3. The Bertz CT molecular complexity index is 414. The predicted octanol–water partition coefficient (Wildman–Crippen LogP) is 1.69. The molecule has 2 heterocycles. The van der Waals surface area contributed by atoms with Gasteiger partial charge >= 0.3 is 6.03 Å². The van der Waals surface area contributed by atoms with Gasteiger partial charge in [0.05, 0.1) is 0 Å². The van der Waals surface area contributed by atoms with Gasteiger partial charge in [0.1, 0.15) is 0 Å². The Labute approximate surface area is 133 Å². The molecule has 1 aliphatic rings. The monoisotopic (exact) mass is 307 g/mol. The second kappa shape index (κ2) is 9.46. The first-order valence-corrected chi connectivity index (χ1v) is 8.45. The number of nitrogens with one attached hydrogen (secondary N) is 2. The van der Waals surface area contributed by atoms with Crippen molar-refractivity contribution in [1.82, 2.24) is 25.3 Å². The molecule has 1 unspecified atom stereocenters. The minimum atomic E-state index is -0.0639. The molecular formula is C16H29N5O. The van der Waals surface area contributed by atoms with Crippen LogP contribution in [0.4, 0.5) is 4.79 Å². The van der Waals surface area contributed by atoms with Gasteiger partial charge in [-0.25, -0.2) is 4.79 Å². The SMILES string of the molecule is CC(CNC(=O)NCCCn1cccn1)CN1CCCCC1. The molecule has 2 N–H and O–H groups in total. The zero-order valence-electron chi connectivity index (χ0n) is 13.6. The Kier molecular flexibility index (Phi) is 7.22. The number of rotatable bonds is 8. The minimum Gasteiger partial charge on any atom is -0.338 e.